The number of halogens is 3. The zero-order chi connectivity index (χ0) is 30.2. The van der Waals surface area contributed by atoms with Crippen molar-refractivity contribution in [1.29, 1.82) is 0 Å². The number of benzene rings is 2. The summed E-state index contributed by atoms with van der Waals surface area (Å²) in [6, 6.07) is 6.94. The van der Waals surface area contributed by atoms with Crippen LogP contribution in [0.25, 0.3) is 32.9 Å². The summed E-state index contributed by atoms with van der Waals surface area (Å²) in [6.45, 7) is 5.08. The number of piperazine rings is 1. The third-order valence-corrected chi connectivity index (χ3v) is 9.83. The highest BCUT2D eigenvalue weighted by molar-refractivity contribution is 6.02. The number of aromatic hydroxyl groups is 1. The van der Waals surface area contributed by atoms with Gasteiger partial charge in [0.25, 0.3) is 0 Å². The molecule has 44 heavy (non-hydrogen) atoms. The Bertz CT molecular complexity index is 1790. The Morgan fingerprint density at radius 1 is 1.16 bits per heavy atom. The van der Waals surface area contributed by atoms with E-state index in [1.165, 1.54) is 30.3 Å². The molecule has 0 radical (unpaired) electrons. The molecule has 0 spiro atoms. The van der Waals surface area contributed by atoms with Gasteiger partial charge in [0.1, 0.15) is 53.4 Å². The van der Waals surface area contributed by atoms with E-state index in [-0.39, 0.29) is 59.7 Å². The summed E-state index contributed by atoms with van der Waals surface area (Å²) in [6.07, 6.45) is 2.08. The van der Waals surface area contributed by atoms with Crippen LogP contribution in [0.4, 0.5) is 19.0 Å². The molecule has 0 aliphatic carbocycles. The van der Waals surface area contributed by atoms with Crippen LogP contribution in [0.15, 0.2) is 30.3 Å². The van der Waals surface area contributed by atoms with Crippen LogP contribution in [-0.2, 0) is 0 Å². The molecule has 0 amide bonds. The van der Waals surface area contributed by atoms with Crippen LogP contribution in [-0.4, -0.2) is 88.1 Å². The molecule has 0 unspecified atom stereocenters. The first kappa shape index (κ1) is 27.6. The fourth-order valence-electron chi connectivity index (χ4n) is 7.76. The number of hydrogen-bond acceptors (Lipinski definition) is 9. The Balaban J connectivity index is 1.31. The molecule has 12 heteroatoms. The number of phenols is 1. The van der Waals surface area contributed by atoms with Crippen LogP contribution in [0.3, 0.4) is 0 Å². The van der Waals surface area contributed by atoms with Gasteiger partial charge in [0.15, 0.2) is 5.82 Å². The Morgan fingerprint density at radius 3 is 2.91 bits per heavy atom. The van der Waals surface area contributed by atoms with E-state index in [0.29, 0.717) is 48.0 Å². The molecule has 0 saturated carbocycles. The second-order valence-corrected chi connectivity index (χ2v) is 12.4. The lowest BCUT2D eigenvalue weighted by Gasteiger charge is -2.41. The minimum atomic E-state index is -0.915. The maximum absolute atomic E-state index is 16.8. The summed E-state index contributed by atoms with van der Waals surface area (Å²) in [5, 5.41) is 15.3. The van der Waals surface area contributed by atoms with E-state index < -0.39 is 23.3 Å². The number of pyridine rings is 1. The molecule has 0 bridgehead atoms. The van der Waals surface area contributed by atoms with E-state index in [4.69, 9.17) is 14.5 Å². The summed E-state index contributed by atoms with van der Waals surface area (Å²) < 4.78 is 58.2. The van der Waals surface area contributed by atoms with Crippen LogP contribution >= 0.6 is 0 Å². The Labute approximate surface area is 252 Å². The molecule has 2 aromatic carbocycles. The first-order valence-electron chi connectivity index (χ1n) is 15.3. The summed E-state index contributed by atoms with van der Waals surface area (Å²) in [4.78, 5) is 18.3. The monoisotopic (exact) mass is 606 g/mol. The maximum atomic E-state index is 16.8. The molecule has 6 heterocycles. The second kappa shape index (κ2) is 10.3. The lowest BCUT2D eigenvalue weighted by atomic mass is 9.95. The molecule has 3 saturated heterocycles. The van der Waals surface area contributed by atoms with Gasteiger partial charge >= 0.3 is 6.01 Å². The van der Waals surface area contributed by atoms with E-state index in [9.17, 15) is 13.9 Å². The van der Waals surface area contributed by atoms with Crippen molar-refractivity contribution in [2.45, 2.75) is 56.4 Å². The largest absolute Gasteiger partial charge is 0.508 e. The molecule has 8 rings (SSSR count). The lowest BCUT2D eigenvalue weighted by Crippen LogP contribution is -2.60. The number of anilines is 1. The number of nitrogens with one attached hydrogen (secondary N) is 1. The molecule has 3 fully saturated rings. The Hall–Kier alpha value is -3.90. The van der Waals surface area contributed by atoms with Crippen LogP contribution in [0.1, 0.15) is 32.6 Å². The average molecular weight is 607 g/mol. The zero-order valence-electron chi connectivity index (χ0n) is 24.3. The topological polar surface area (TPSA) is 95.9 Å². The van der Waals surface area contributed by atoms with Crippen LogP contribution in [0, 0.1) is 11.6 Å². The predicted octanol–water partition coefficient (Wildman–Crippen LogP) is 4.73. The number of aromatic nitrogens is 3. The molecule has 4 atom stereocenters. The summed E-state index contributed by atoms with van der Waals surface area (Å²) in [5.74, 6) is -0.743. The van der Waals surface area contributed by atoms with Crippen molar-refractivity contribution in [2.24, 2.45) is 0 Å². The van der Waals surface area contributed by atoms with E-state index in [1.807, 2.05) is 0 Å². The third kappa shape index (κ3) is 4.33. The fraction of sp³-hybridized carbons (Fsp3) is 0.469. The number of nitrogens with zero attached hydrogens (tertiary/aromatic N) is 5. The standard InChI is InChI=1S/C32H33F3N6O3/c1-2-23-24-15-43-30-25-28(26(35)27(37-30)22-12-20(42)10-17-4-5-18(33)11-21(17)22)38-31(39-29(25)41(24)9-7-36-23)44-16-32-6-3-8-40(32)14-19(34)13-32/h4-5,10-12,19,23-24,36,42H,2-3,6-9,13-16H2,1H3/t19-,23+,24-,32+/m1/s1. The Kier molecular flexibility index (Phi) is 6.49. The molecule has 4 aliphatic rings. The van der Waals surface area contributed by atoms with Gasteiger partial charge in [-0.3, -0.25) is 4.90 Å². The molecular weight excluding hydrogens is 573 g/mol. The van der Waals surface area contributed by atoms with Crippen molar-refractivity contribution in [1.82, 2.24) is 25.2 Å². The van der Waals surface area contributed by atoms with Gasteiger partial charge in [-0.25, -0.2) is 18.2 Å². The normalized spacial score (nSPS) is 26.5. The van der Waals surface area contributed by atoms with Crippen molar-refractivity contribution in [3.05, 3.63) is 42.0 Å². The highest BCUT2D eigenvalue weighted by Gasteiger charge is 2.49. The van der Waals surface area contributed by atoms with Crippen LogP contribution in [0.2, 0.25) is 0 Å². The van der Waals surface area contributed by atoms with Crippen molar-refractivity contribution in [2.75, 3.05) is 44.3 Å². The van der Waals surface area contributed by atoms with Crippen molar-refractivity contribution in [3.8, 4) is 28.9 Å². The molecule has 9 nitrogen and oxygen atoms in total. The number of phenolic OH excluding ortho intramolecular Hbond substituents is 1. The molecule has 4 aliphatic heterocycles. The van der Waals surface area contributed by atoms with Gasteiger partial charge in [0.05, 0.1) is 11.6 Å². The predicted molar refractivity (Wildman–Crippen MR) is 159 cm³/mol. The first-order chi connectivity index (χ1) is 21.3. The quantitative estimate of drug-likeness (QED) is 0.334. The fourth-order valence-corrected chi connectivity index (χ4v) is 7.76. The smallest absolute Gasteiger partial charge is 0.319 e. The SMILES string of the molecule is CC[C@@H]1NCCN2c3nc(OC[C@@]45CCCN4C[C@H](F)C5)nc4c(F)c(-c5cc(O)cc6ccc(F)cc56)nc(c34)OC[C@H]12. The van der Waals surface area contributed by atoms with Gasteiger partial charge in [-0.1, -0.05) is 13.0 Å². The minimum absolute atomic E-state index is 0.00271. The lowest BCUT2D eigenvalue weighted by molar-refractivity contribution is 0.107. The summed E-state index contributed by atoms with van der Waals surface area (Å²) >= 11 is 0. The van der Waals surface area contributed by atoms with Crippen molar-refractivity contribution < 1.29 is 27.8 Å². The summed E-state index contributed by atoms with van der Waals surface area (Å²) in [7, 11) is 0. The second-order valence-electron chi connectivity index (χ2n) is 12.4. The molecule has 2 aromatic heterocycles. The van der Waals surface area contributed by atoms with Gasteiger partial charge in [0.2, 0.25) is 5.88 Å². The zero-order valence-corrected chi connectivity index (χ0v) is 24.3. The molecule has 4 aromatic rings. The number of hydrogen-bond donors (Lipinski definition) is 2. The summed E-state index contributed by atoms with van der Waals surface area (Å²) in [5.41, 5.74) is -0.397. The van der Waals surface area contributed by atoms with Crippen LogP contribution < -0.4 is 19.7 Å². The molecular formula is C32H33F3N6O3. The average Bonchev–Trinajstić information content (AvgIpc) is 3.49. The number of fused-ring (bicyclic) bond motifs is 4. The third-order valence-electron chi connectivity index (χ3n) is 9.83. The highest BCUT2D eigenvalue weighted by Crippen LogP contribution is 2.44. The number of rotatable bonds is 5. The van der Waals surface area contributed by atoms with Crippen LogP contribution in [0.5, 0.6) is 17.6 Å². The van der Waals surface area contributed by atoms with Gasteiger partial charge in [0, 0.05) is 37.7 Å². The maximum Gasteiger partial charge on any atom is 0.319 e. The number of ether oxygens (including phenoxy) is 2. The van der Waals surface area contributed by atoms with Gasteiger partial charge in [-0.2, -0.15) is 9.97 Å². The van der Waals surface area contributed by atoms with E-state index in [2.05, 4.69) is 32.0 Å². The van der Waals surface area contributed by atoms with E-state index >= 15 is 4.39 Å². The van der Waals surface area contributed by atoms with Crippen molar-refractivity contribution in [3.63, 3.8) is 0 Å². The van der Waals surface area contributed by atoms with Gasteiger partial charge in [-0.05, 0) is 60.8 Å². The van der Waals surface area contributed by atoms with Gasteiger partial charge < -0.3 is 24.8 Å². The van der Waals surface area contributed by atoms with Crippen molar-refractivity contribution >= 4 is 27.5 Å². The highest BCUT2D eigenvalue weighted by atomic mass is 19.1. The van der Waals surface area contributed by atoms with E-state index in [0.717, 1.165) is 25.8 Å². The first-order valence-corrected chi connectivity index (χ1v) is 15.3. The van der Waals surface area contributed by atoms with E-state index in [1.54, 1.807) is 0 Å². The molecule has 230 valence electrons. The minimum Gasteiger partial charge on any atom is -0.508 e. The number of alkyl halides is 1. The Morgan fingerprint density at radius 2 is 2.05 bits per heavy atom. The van der Waals surface area contributed by atoms with Gasteiger partial charge in [-0.15, -0.1) is 0 Å². The molecule has 2 N–H and O–H groups in total.